The molecule has 0 saturated heterocycles. The molecule has 1 aromatic heterocycles. The zero-order chi connectivity index (χ0) is 13.6. The van der Waals surface area contributed by atoms with Crippen molar-refractivity contribution in [3.63, 3.8) is 0 Å². The number of nitrogens with zero attached hydrogens (tertiary/aromatic N) is 2. The molecular weight excluding hydrogens is 264 g/mol. The Morgan fingerprint density at radius 1 is 1.32 bits per heavy atom. The van der Waals surface area contributed by atoms with Gasteiger partial charge in [0, 0.05) is 12.2 Å². The Bertz CT molecular complexity index is 474. The zero-order valence-corrected chi connectivity index (χ0v) is 11.7. The molecule has 0 spiro atoms. The molecule has 0 aliphatic heterocycles. The lowest BCUT2D eigenvalue weighted by atomic mass is 10.3. The molecule has 2 N–H and O–H groups in total. The first-order valence-electron chi connectivity index (χ1n) is 6.63. The van der Waals surface area contributed by atoms with Crippen LogP contribution >= 0.6 is 0 Å². The first-order chi connectivity index (χ1) is 9.16. The van der Waals surface area contributed by atoms with Crippen LogP contribution in [0.1, 0.15) is 31.4 Å². The summed E-state index contributed by atoms with van der Waals surface area (Å²) in [6, 6.07) is 4.17. The van der Waals surface area contributed by atoms with Gasteiger partial charge in [0.15, 0.2) is 0 Å². The van der Waals surface area contributed by atoms with Crippen molar-refractivity contribution in [1.29, 1.82) is 0 Å². The fraction of sp³-hybridized carbons (Fsp3) is 0.667. The Labute approximate surface area is 114 Å². The van der Waals surface area contributed by atoms with E-state index in [0.717, 1.165) is 13.0 Å². The van der Waals surface area contributed by atoms with Crippen molar-refractivity contribution in [1.82, 2.24) is 20.2 Å². The minimum atomic E-state index is -3.21. The van der Waals surface area contributed by atoms with Gasteiger partial charge >= 0.3 is 0 Å². The molecule has 0 atom stereocenters. The molecule has 106 valence electrons. The highest BCUT2D eigenvalue weighted by Gasteiger charge is 2.19. The van der Waals surface area contributed by atoms with Gasteiger partial charge in [-0.1, -0.05) is 0 Å². The average molecular weight is 284 g/mol. The van der Waals surface area contributed by atoms with Crippen LogP contribution in [0.2, 0.25) is 0 Å². The van der Waals surface area contributed by atoms with E-state index in [0.29, 0.717) is 18.2 Å². The first-order valence-corrected chi connectivity index (χ1v) is 8.28. The van der Waals surface area contributed by atoms with Crippen molar-refractivity contribution in [2.24, 2.45) is 0 Å². The molecule has 2 rings (SSSR count). The summed E-state index contributed by atoms with van der Waals surface area (Å²) >= 11 is 0. The first kappa shape index (κ1) is 14.4. The highest BCUT2D eigenvalue weighted by molar-refractivity contribution is 7.89. The van der Waals surface area contributed by atoms with E-state index in [1.54, 1.807) is 18.3 Å². The molecule has 1 aliphatic carbocycles. The molecule has 1 heterocycles. The Kier molecular flexibility index (Phi) is 5.24. The molecule has 19 heavy (non-hydrogen) atoms. The molecule has 1 aromatic rings. The predicted octanol–water partition coefficient (Wildman–Crippen LogP) is 0.428. The Hall–Kier alpha value is -1.05. The zero-order valence-electron chi connectivity index (χ0n) is 10.9. The number of aromatic nitrogens is 2. The minimum absolute atomic E-state index is 0.166. The number of sulfonamides is 1. The Balaban J connectivity index is 1.60. The lowest BCUT2D eigenvalue weighted by Crippen LogP contribution is -2.27. The van der Waals surface area contributed by atoms with Gasteiger partial charge in [0.2, 0.25) is 10.0 Å². The van der Waals surface area contributed by atoms with Crippen LogP contribution in [0, 0.1) is 0 Å². The van der Waals surface area contributed by atoms with Crippen LogP contribution in [0.25, 0.3) is 0 Å². The van der Waals surface area contributed by atoms with Crippen molar-refractivity contribution in [2.75, 3.05) is 12.3 Å². The lowest BCUT2D eigenvalue weighted by Gasteiger charge is -2.06. The quantitative estimate of drug-likeness (QED) is 0.642. The summed E-state index contributed by atoms with van der Waals surface area (Å²) in [5.41, 5.74) is 0.626. The van der Waals surface area contributed by atoms with E-state index in [2.05, 4.69) is 20.2 Å². The normalized spacial score (nSPS) is 15.6. The van der Waals surface area contributed by atoms with Gasteiger partial charge in [-0.2, -0.15) is 10.2 Å². The van der Waals surface area contributed by atoms with E-state index in [9.17, 15) is 8.42 Å². The second-order valence-corrected chi connectivity index (χ2v) is 6.72. The average Bonchev–Trinajstić information content (AvgIpc) is 3.21. The SMILES string of the molecule is O=S(=O)(CCCCNC1CC1)NCc1cccnn1. The van der Waals surface area contributed by atoms with Crippen LogP contribution in [-0.4, -0.2) is 37.0 Å². The van der Waals surface area contributed by atoms with Gasteiger partial charge in [0.1, 0.15) is 0 Å². The second-order valence-electron chi connectivity index (χ2n) is 4.79. The predicted molar refractivity (Wildman–Crippen MR) is 72.9 cm³/mol. The van der Waals surface area contributed by atoms with Gasteiger partial charge in [0.05, 0.1) is 18.0 Å². The number of unbranched alkanes of at least 4 members (excludes halogenated alkanes) is 1. The molecule has 1 saturated carbocycles. The van der Waals surface area contributed by atoms with Crippen molar-refractivity contribution in [3.8, 4) is 0 Å². The van der Waals surface area contributed by atoms with E-state index < -0.39 is 10.0 Å². The maximum Gasteiger partial charge on any atom is 0.211 e. The maximum absolute atomic E-state index is 11.7. The lowest BCUT2D eigenvalue weighted by molar-refractivity contribution is 0.571. The third kappa shape index (κ3) is 6.09. The molecule has 0 radical (unpaired) electrons. The van der Waals surface area contributed by atoms with Crippen molar-refractivity contribution >= 4 is 10.0 Å². The minimum Gasteiger partial charge on any atom is -0.314 e. The van der Waals surface area contributed by atoms with Gasteiger partial charge in [-0.25, -0.2) is 13.1 Å². The van der Waals surface area contributed by atoms with Crippen molar-refractivity contribution in [3.05, 3.63) is 24.0 Å². The number of nitrogens with one attached hydrogen (secondary N) is 2. The van der Waals surface area contributed by atoms with Crippen LogP contribution in [0.3, 0.4) is 0 Å². The standard InChI is InChI=1S/C12H20N4O2S/c17-19(18,9-2-1-7-13-11-5-6-11)15-10-12-4-3-8-14-16-12/h3-4,8,11,13,15H,1-2,5-7,9-10H2. The summed E-state index contributed by atoms with van der Waals surface area (Å²) in [6.07, 6.45) is 5.65. The van der Waals surface area contributed by atoms with Crippen LogP contribution in [0.5, 0.6) is 0 Å². The topological polar surface area (TPSA) is 84.0 Å². The third-order valence-electron chi connectivity index (χ3n) is 2.95. The smallest absolute Gasteiger partial charge is 0.211 e. The summed E-state index contributed by atoms with van der Waals surface area (Å²) in [5.74, 6) is 0.166. The number of hydrogen-bond donors (Lipinski definition) is 2. The van der Waals surface area contributed by atoms with Gasteiger partial charge < -0.3 is 5.32 Å². The largest absolute Gasteiger partial charge is 0.314 e. The van der Waals surface area contributed by atoms with Crippen LogP contribution in [0.4, 0.5) is 0 Å². The second kappa shape index (κ2) is 6.93. The Morgan fingerprint density at radius 3 is 2.84 bits per heavy atom. The van der Waals surface area contributed by atoms with Crippen LogP contribution in [-0.2, 0) is 16.6 Å². The van der Waals surface area contributed by atoms with E-state index in [4.69, 9.17) is 0 Å². The van der Waals surface area contributed by atoms with Gasteiger partial charge in [-0.3, -0.25) is 0 Å². The fourth-order valence-corrected chi connectivity index (χ4v) is 2.79. The highest BCUT2D eigenvalue weighted by atomic mass is 32.2. The summed E-state index contributed by atoms with van der Waals surface area (Å²) in [5, 5.41) is 10.9. The summed E-state index contributed by atoms with van der Waals surface area (Å²) in [6.45, 7) is 1.11. The molecule has 0 amide bonds. The number of rotatable bonds is 9. The summed E-state index contributed by atoms with van der Waals surface area (Å²) in [7, 11) is -3.21. The number of hydrogen-bond acceptors (Lipinski definition) is 5. The monoisotopic (exact) mass is 284 g/mol. The van der Waals surface area contributed by atoms with E-state index >= 15 is 0 Å². The van der Waals surface area contributed by atoms with Crippen molar-refractivity contribution in [2.45, 2.75) is 38.3 Å². The van der Waals surface area contributed by atoms with E-state index in [-0.39, 0.29) is 12.3 Å². The van der Waals surface area contributed by atoms with Gasteiger partial charge in [-0.05, 0) is 44.4 Å². The van der Waals surface area contributed by atoms with Gasteiger partial charge in [-0.15, -0.1) is 0 Å². The molecule has 0 aromatic carbocycles. The summed E-state index contributed by atoms with van der Waals surface area (Å²) in [4.78, 5) is 0. The molecule has 6 nitrogen and oxygen atoms in total. The fourth-order valence-electron chi connectivity index (χ4n) is 1.69. The van der Waals surface area contributed by atoms with E-state index in [1.165, 1.54) is 12.8 Å². The third-order valence-corrected chi connectivity index (χ3v) is 4.36. The molecular formula is C12H20N4O2S. The van der Waals surface area contributed by atoms with Crippen LogP contribution < -0.4 is 10.0 Å². The summed E-state index contributed by atoms with van der Waals surface area (Å²) < 4.78 is 26.0. The maximum atomic E-state index is 11.7. The highest BCUT2D eigenvalue weighted by Crippen LogP contribution is 2.18. The van der Waals surface area contributed by atoms with E-state index in [1.807, 2.05) is 0 Å². The molecule has 7 heteroatoms. The molecule has 0 unspecified atom stereocenters. The molecule has 1 aliphatic rings. The van der Waals surface area contributed by atoms with Gasteiger partial charge in [0.25, 0.3) is 0 Å². The Morgan fingerprint density at radius 2 is 2.16 bits per heavy atom. The molecule has 1 fully saturated rings. The van der Waals surface area contributed by atoms with Crippen molar-refractivity contribution < 1.29 is 8.42 Å². The molecule has 0 bridgehead atoms. The van der Waals surface area contributed by atoms with Crippen LogP contribution in [0.15, 0.2) is 18.3 Å².